The fourth-order valence-corrected chi connectivity index (χ4v) is 1.99. The maximum atomic E-state index is 12.2. The molecule has 0 atom stereocenters. The third kappa shape index (κ3) is 2.91. The molecule has 1 aromatic rings. The number of anilines is 1. The van der Waals surface area contributed by atoms with Crippen LogP contribution >= 0.6 is 0 Å². The van der Waals surface area contributed by atoms with Crippen molar-refractivity contribution < 1.29 is 19.4 Å². The van der Waals surface area contributed by atoms with Gasteiger partial charge >= 0.3 is 5.97 Å². The summed E-state index contributed by atoms with van der Waals surface area (Å²) in [6.07, 6.45) is 0.849. The Hall–Kier alpha value is -1.92. The number of carbonyl (C=O) groups is 2. The summed E-state index contributed by atoms with van der Waals surface area (Å²) in [6.45, 7) is 0.870. The van der Waals surface area contributed by atoms with Gasteiger partial charge in [0.05, 0.1) is 11.3 Å². The first kappa shape index (κ1) is 13.5. The van der Waals surface area contributed by atoms with E-state index in [9.17, 15) is 9.59 Å². The first-order chi connectivity index (χ1) is 9.03. The van der Waals surface area contributed by atoms with Crippen LogP contribution < -0.4 is 11.1 Å². The predicted octanol–water partition coefficient (Wildman–Crippen LogP) is 0.831. The summed E-state index contributed by atoms with van der Waals surface area (Å²) < 4.78 is 5.17. The van der Waals surface area contributed by atoms with Crippen LogP contribution in [-0.2, 0) is 9.53 Å². The minimum atomic E-state index is -1.09. The third-order valence-corrected chi connectivity index (χ3v) is 3.24. The van der Waals surface area contributed by atoms with E-state index < -0.39 is 11.5 Å². The van der Waals surface area contributed by atoms with Gasteiger partial charge in [0.1, 0.15) is 5.54 Å². The van der Waals surface area contributed by atoms with Crippen LogP contribution in [0.3, 0.4) is 0 Å². The topological polar surface area (TPSA) is 102 Å². The number of nitrogens with one attached hydrogen (secondary N) is 1. The number of carboxylic acids is 1. The average molecular weight is 264 g/mol. The zero-order valence-corrected chi connectivity index (χ0v) is 10.4. The van der Waals surface area contributed by atoms with Gasteiger partial charge in [-0.25, -0.2) is 4.79 Å². The second kappa shape index (κ2) is 5.38. The van der Waals surface area contributed by atoms with Crippen LogP contribution in [-0.4, -0.2) is 35.7 Å². The van der Waals surface area contributed by atoms with Gasteiger partial charge in [-0.1, -0.05) is 12.1 Å². The van der Waals surface area contributed by atoms with Crippen molar-refractivity contribution >= 4 is 17.6 Å². The Morgan fingerprint density at radius 1 is 1.26 bits per heavy atom. The maximum Gasteiger partial charge on any atom is 0.337 e. The number of para-hydroxylation sites is 1. The van der Waals surface area contributed by atoms with E-state index in [1.165, 1.54) is 6.07 Å². The van der Waals surface area contributed by atoms with Gasteiger partial charge in [-0.05, 0) is 25.0 Å². The minimum Gasteiger partial charge on any atom is -0.478 e. The molecule has 2 rings (SSSR count). The Morgan fingerprint density at radius 3 is 2.53 bits per heavy atom. The van der Waals surface area contributed by atoms with Gasteiger partial charge in [0, 0.05) is 13.2 Å². The summed E-state index contributed by atoms with van der Waals surface area (Å²) in [5.74, 6) is -1.46. The van der Waals surface area contributed by atoms with Crippen molar-refractivity contribution in [1.29, 1.82) is 0 Å². The molecule has 0 bridgehead atoms. The van der Waals surface area contributed by atoms with Crippen molar-refractivity contribution in [3.63, 3.8) is 0 Å². The molecular formula is C13H16N2O4. The monoisotopic (exact) mass is 264 g/mol. The van der Waals surface area contributed by atoms with E-state index in [0.29, 0.717) is 26.1 Å². The number of aromatic carboxylic acids is 1. The van der Waals surface area contributed by atoms with E-state index >= 15 is 0 Å². The van der Waals surface area contributed by atoms with Gasteiger partial charge in [0.2, 0.25) is 5.91 Å². The Morgan fingerprint density at radius 2 is 1.89 bits per heavy atom. The van der Waals surface area contributed by atoms with Crippen molar-refractivity contribution in [2.24, 2.45) is 5.73 Å². The molecule has 1 fully saturated rings. The lowest BCUT2D eigenvalue weighted by molar-refractivity contribution is -0.124. The molecule has 102 valence electrons. The van der Waals surface area contributed by atoms with E-state index in [0.717, 1.165) is 0 Å². The first-order valence-corrected chi connectivity index (χ1v) is 6.03. The lowest BCUT2D eigenvalue weighted by Crippen LogP contribution is -2.54. The van der Waals surface area contributed by atoms with Crippen LogP contribution in [0.5, 0.6) is 0 Å². The summed E-state index contributed by atoms with van der Waals surface area (Å²) in [5, 5.41) is 11.7. The van der Waals surface area contributed by atoms with Crippen molar-refractivity contribution in [2.75, 3.05) is 18.5 Å². The lowest BCUT2D eigenvalue weighted by Gasteiger charge is -2.31. The molecule has 1 saturated heterocycles. The molecule has 0 aliphatic carbocycles. The quantitative estimate of drug-likeness (QED) is 0.750. The third-order valence-electron chi connectivity index (χ3n) is 3.24. The molecule has 1 aliphatic heterocycles. The number of nitrogens with two attached hydrogens (primary N) is 1. The number of hydrogen-bond donors (Lipinski definition) is 3. The van der Waals surface area contributed by atoms with E-state index in [-0.39, 0.29) is 17.2 Å². The predicted molar refractivity (Wildman–Crippen MR) is 69.0 cm³/mol. The lowest BCUT2D eigenvalue weighted by atomic mass is 9.90. The maximum absolute atomic E-state index is 12.2. The number of ether oxygens (including phenoxy) is 1. The molecule has 6 heteroatoms. The Bertz CT molecular complexity index is 495. The zero-order chi connectivity index (χ0) is 13.9. The van der Waals surface area contributed by atoms with Crippen molar-refractivity contribution in [3.05, 3.63) is 29.8 Å². The highest BCUT2D eigenvalue weighted by atomic mass is 16.5. The largest absolute Gasteiger partial charge is 0.478 e. The molecule has 1 aliphatic rings. The standard InChI is InChI=1S/C13H16N2O4/c14-13(5-7-19-8-6-13)12(18)15-10-4-2-1-3-9(10)11(16)17/h1-4H,5-8,14H2,(H,15,18)(H,16,17). The second-order valence-corrected chi connectivity index (χ2v) is 4.57. The first-order valence-electron chi connectivity index (χ1n) is 6.03. The van der Waals surface area contributed by atoms with E-state index in [1.54, 1.807) is 18.2 Å². The number of amides is 1. The zero-order valence-electron chi connectivity index (χ0n) is 10.4. The Labute approximate surface area is 110 Å². The van der Waals surface area contributed by atoms with E-state index in [4.69, 9.17) is 15.6 Å². The molecular weight excluding hydrogens is 248 g/mol. The smallest absolute Gasteiger partial charge is 0.337 e. The minimum absolute atomic E-state index is 0.0477. The summed E-state index contributed by atoms with van der Waals surface area (Å²) in [7, 11) is 0. The number of benzene rings is 1. The van der Waals surface area contributed by atoms with Gasteiger partial charge in [-0.15, -0.1) is 0 Å². The van der Waals surface area contributed by atoms with Crippen molar-refractivity contribution in [2.45, 2.75) is 18.4 Å². The number of hydrogen-bond acceptors (Lipinski definition) is 4. The van der Waals surface area contributed by atoms with Crippen LogP contribution in [0.1, 0.15) is 23.2 Å². The Balaban J connectivity index is 2.17. The average Bonchev–Trinajstić information content (AvgIpc) is 2.40. The molecule has 19 heavy (non-hydrogen) atoms. The summed E-state index contributed by atoms with van der Waals surface area (Å²) in [5.41, 5.74) is 5.35. The SMILES string of the molecule is NC1(C(=O)Nc2ccccc2C(=O)O)CCOCC1. The van der Waals surface area contributed by atoms with Gasteiger partial charge in [-0.2, -0.15) is 0 Å². The Kier molecular flexibility index (Phi) is 3.82. The van der Waals surface area contributed by atoms with Crippen LogP contribution in [0.4, 0.5) is 5.69 Å². The van der Waals surface area contributed by atoms with Gasteiger partial charge < -0.3 is 20.9 Å². The summed E-state index contributed by atoms with van der Waals surface area (Å²) in [6, 6.07) is 6.25. The molecule has 6 nitrogen and oxygen atoms in total. The fourth-order valence-electron chi connectivity index (χ4n) is 1.99. The van der Waals surface area contributed by atoms with Gasteiger partial charge in [0.15, 0.2) is 0 Å². The molecule has 1 heterocycles. The number of rotatable bonds is 3. The number of carboxylic acid groups (broad SMARTS) is 1. The van der Waals surface area contributed by atoms with E-state index in [2.05, 4.69) is 5.32 Å². The van der Waals surface area contributed by atoms with E-state index in [1.807, 2.05) is 0 Å². The van der Waals surface area contributed by atoms with Crippen molar-refractivity contribution in [1.82, 2.24) is 0 Å². The molecule has 0 saturated carbocycles. The molecule has 1 aromatic carbocycles. The van der Waals surface area contributed by atoms with Gasteiger partial charge in [-0.3, -0.25) is 4.79 Å². The molecule has 1 amide bonds. The number of carbonyl (C=O) groups excluding carboxylic acids is 1. The summed E-state index contributed by atoms with van der Waals surface area (Å²) >= 11 is 0. The molecule has 0 aromatic heterocycles. The van der Waals surface area contributed by atoms with Crippen LogP contribution in [0, 0.1) is 0 Å². The van der Waals surface area contributed by atoms with Crippen LogP contribution in [0.25, 0.3) is 0 Å². The highest BCUT2D eigenvalue weighted by Gasteiger charge is 2.36. The highest BCUT2D eigenvalue weighted by Crippen LogP contribution is 2.22. The van der Waals surface area contributed by atoms with Crippen molar-refractivity contribution in [3.8, 4) is 0 Å². The molecule has 0 spiro atoms. The molecule has 4 N–H and O–H groups in total. The second-order valence-electron chi connectivity index (χ2n) is 4.57. The van der Waals surface area contributed by atoms with Gasteiger partial charge in [0.25, 0.3) is 0 Å². The summed E-state index contributed by atoms with van der Waals surface area (Å²) in [4.78, 5) is 23.2. The molecule has 0 radical (unpaired) electrons. The van der Waals surface area contributed by atoms with Crippen LogP contribution in [0.2, 0.25) is 0 Å². The normalized spacial score (nSPS) is 17.7. The highest BCUT2D eigenvalue weighted by molar-refractivity contribution is 6.03. The molecule has 0 unspecified atom stereocenters. The fraction of sp³-hybridized carbons (Fsp3) is 0.385. The van der Waals surface area contributed by atoms with Crippen LogP contribution in [0.15, 0.2) is 24.3 Å².